The van der Waals surface area contributed by atoms with Crippen molar-refractivity contribution < 1.29 is 9.18 Å². The SMILES string of the molecule is N#Cc1ccc(C(=O)N2CCC[C@@H](c3[nH]ncc3-c3ccc(F)cc3)C2)cc1. The summed E-state index contributed by atoms with van der Waals surface area (Å²) in [4.78, 5) is 14.7. The van der Waals surface area contributed by atoms with E-state index >= 15 is 0 Å². The summed E-state index contributed by atoms with van der Waals surface area (Å²) in [5.41, 5.74) is 3.94. The lowest BCUT2D eigenvalue weighted by molar-refractivity contribution is 0.0706. The molecule has 3 aromatic rings. The summed E-state index contributed by atoms with van der Waals surface area (Å²) in [5.74, 6) is -0.165. The highest BCUT2D eigenvalue weighted by molar-refractivity contribution is 5.94. The van der Waals surface area contributed by atoms with Gasteiger partial charge in [-0.2, -0.15) is 10.4 Å². The average Bonchev–Trinajstić information content (AvgIpc) is 3.24. The maximum absolute atomic E-state index is 13.2. The highest BCUT2D eigenvalue weighted by Gasteiger charge is 2.28. The van der Waals surface area contributed by atoms with Gasteiger partial charge in [0.15, 0.2) is 0 Å². The van der Waals surface area contributed by atoms with Crippen LogP contribution in [0.1, 0.15) is 40.4 Å². The number of carbonyl (C=O) groups excluding carboxylic acids is 1. The molecular weight excluding hydrogens is 355 g/mol. The molecule has 1 N–H and O–H groups in total. The Kier molecular flexibility index (Phi) is 4.90. The van der Waals surface area contributed by atoms with Gasteiger partial charge in [0.1, 0.15) is 5.82 Å². The molecule has 1 amide bonds. The standard InChI is InChI=1S/C22H19FN4O/c23-19-9-7-16(8-10-19)20-13-25-26-21(20)18-2-1-11-27(14-18)22(28)17-5-3-15(12-24)4-6-17/h3-10,13,18H,1-2,11,14H2,(H,25,26)/t18-/m1/s1. The number of aromatic nitrogens is 2. The lowest BCUT2D eigenvalue weighted by Gasteiger charge is -2.33. The second-order valence-corrected chi connectivity index (χ2v) is 6.98. The number of piperidine rings is 1. The van der Waals surface area contributed by atoms with E-state index in [1.807, 2.05) is 4.90 Å². The van der Waals surface area contributed by atoms with E-state index in [4.69, 9.17) is 5.26 Å². The van der Waals surface area contributed by atoms with Crippen LogP contribution in [0.5, 0.6) is 0 Å². The van der Waals surface area contributed by atoms with Gasteiger partial charge in [0.05, 0.1) is 17.8 Å². The Morgan fingerprint density at radius 2 is 1.93 bits per heavy atom. The monoisotopic (exact) mass is 374 g/mol. The zero-order valence-corrected chi connectivity index (χ0v) is 15.2. The first-order valence-corrected chi connectivity index (χ1v) is 9.24. The molecule has 0 aliphatic carbocycles. The molecule has 2 aromatic carbocycles. The van der Waals surface area contributed by atoms with Gasteiger partial charge in [-0.05, 0) is 54.8 Å². The zero-order chi connectivity index (χ0) is 19.5. The van der Waals surface area contributed by atoms with Crippen molar-refractivity contribution in [2.45, 2.75) is 18.8 Å². The van der Waals surface area contributed by atoms with E-state index in [0.29, 0.717) is 24.2 Å². The Bertz CT molecular complexity index is 1020. The minimum Gasteiger partial charge on any atom is -0.338 e. The van der Waals surface area contributed by atoms with Gasteiger partial charge in [0.25, 0.3) is 5.91 Å². The van der Waals surface area contributed by atoms with Crippen molar-refractivity contribution in [3.05, 3.63) is 77.4 Å². The average molecular weight is 374 g/mol. The molecule has 4 rings (SSSR count). The molecule has 0 unspecified atom stereocenters. The van der Waals surface area contributed by atoms with E-state index in [2.05, 4.69) is 16.3 Å². The Morgan fingerprint density at radius 3 is 2.64 bits per heavy atom. The molecule has 140 valence electrons. The summed E-state index contributed by atoms with van der Waals surface area (Å²) in [6, 6.07) is 15.1. The van der Waals surface area contributed by atoms with Crippen LogP contribution in [0.4, 0.5) is 4.39 Å². The van der Waals surface area contributed by atoms with Crippen molar-refractivity contribution in [3.63, 3.8) is 0 Å². The quantitative estimate of drug-likeness (QED) is 0.750. The summed E-state index contributed by atoms with van der Waals surface area (Å²) in [5, 5.41) is 16.2. The van der Waals surface area contributed by atoms with E-state index in [1.54, 1.807) is 42.6 Å². The van der Waals surface area contributed by atoms with Crippen LogP contribution in [0.25, 0.3) is 11.1 Å². The van der Waals surface area contributed by atoms with Crippen molar-refractivity contribution in [2.75, 3.05) is 13.1 Å². The van der Waals surface area contributed by atoms with E-state index < -0.39 is 0 Å². The first-order valence-electron chi connectivity index (χ1n) is 9.24. The fourth-order valence-corrected chi connectivity index (χ4v) is 3.73. The minimum atomic E-state index is -0.273. The molecule has 1 aliphatic rings. The smallest absolute Gasteiger partial charge is 0.253 e. The van der Waals surface area contributed by atoms with Gasteiger partial charge in [0.2, 0.25) is 0 Å². The molecule has 0 spiro atoms. The second-order valence-electron chi connectivity index (χ2n) is 6.98. The van der Waals surface area contributed by atoms with Crippen LogP contribution in [-0.4, -0.2) is 34.1 Å². The van der Waals surface area contributed by atoms with Crippen LogP contribution in [-0.2, 0) is 0 Å². The first-order chi connectivity index (χ1) is 13.7. The third-order valence-electron chi connectivity index (χ3n) is 5.20. The highest BCUT2D eigenvalue weighted by Crippen LogP contribution is 2.33. The molecular formula is C22H19FN4O. The Morgan fingerprint density at radius 1 is 1.18 bits per heavy atom. The van der Waals surface area contributed by atoms with E-state index in [0.717, 1.165) is 29.7 Å². The number of nitriles is 1. The van der Waals surface area contributed by atoms with Crippen LogP contribution >= 0.6 is 0 Å². The Balaban J connectivity index is 1.54. The third kappa shape index (κ3) is 3.52. The van der Waals surface area contributed by atoms with Gasteiger partial charge in [-0.25, -0.2) is 4.39 Å². The number of likely N-dealkylation sites (tertiary alicyclic amines) is 1. The number of hydrogen-bond acceptors (Lipinski definition) is 3. The highest BCUT2D eigenvalue weighted by atomic mass is 19.1. The maximum Gasteiger partial charge on any atom is 0.253 e. The lowest BCUT2D eigenvalue weighted by atomic mass is 9.90. The molecule has 1 atom stereocenters. The van der Waals surface area contributed by atoms with E-state index in [1.165, 1.54) is 12.1 Å². The first kappa shape index (κ1) is 17.9. The number of aromatic amines is 1. The minimum absolute atomic E-state index is 0.0305. The van der Waals surface area contributed by atoms with Crippen molar-refractivity contribution in [1.82, 2.24) is 15.1 Å². The number of amides is 1. The van der Waals surface area contributed by atoms with Gasteiger partial charge in [-0.15, -0.1) is 0 Å². The number of rotatable bonds is 3. The number of benzene rings is 2. The van der Waals surface area contributed by atoms with Crippen molar-refractivity contribution >= 4 is 5.91 Å². The number of H-pyrrole nitrogens is 1. The predicted molar refractivity (Wildman–Crippen MR) is 103 cm³/mol. The largest absolute Gasteiger partial charge is 0.338 e. The van der Waals surface area contributed by atoms with Gasteiger partial charge < -0.3 is 4.90 Å². The molecule has 1 saturated heterocycles. The molecule has 0 radical (unpaired) electrons. The Labute approximate surface area is 162 Å². The predicted octanol–water partition coefficient (Wildman–Crippen LogP) is 4.11. The summed E-state index contributed by atoms with van der Waals surface area (Å²) in [7, 11) is 0. The second kappa shape index (κ2) is 7.65. The number of hydrogen-bond donors (Lipinski definition) is 1. The number of carbonyl (C=O) groups is 1. The van der Waals surface area contributed by atoms with Crippen LogP contribution < -0.4 is 0 Å². The molecule has 1 aromatic heterocycles. The van der Waals surface area contributed by atoms with Crippen molar-refractivity contribution in [1.29, 1.82) is 5.26 Å². The number of halogens is 1. The summed E-state index contributed by atoms with van der Waals surface area (Å²) in [6.07, 6.45) is 3.60. The summed E-state index contributed by atoms with van der Waals surface area (Å²) >= 11 is 0. The molecule has 2 heterocycles. The molecule has 1 fully saturated rings. The fraction of sp³-hybridized carbons (Fsp3) is 0.227. The zero-order valence-electron chi connectivity index (χ0n) is 15.2. The molecule has 6 heteroatoms. The van der Waals surface area contributed by atoms with Gasteiger partial charge >= 0.3 is 0 Å². The van der Waals surface area contributed by atoms with Crippen LogP contribution in [0.15, 0.2) is 54.7 Å². The molecule has 0 bridgehead atoms. The summed E-state index contributed by atoms with van der Waals surface area (Å²) in [6.45, 7) is 1.30. The molecule has 0 saturated carbocycles. The van der Waals surface area contributed by atoms with E-state index in [9.17, 15) is 9.18 Å². The normalized spacial score (nSPS) is 16.6. The van der Waals surface area contributed by atoms with Gasteiger partial charge in [-0.3, -0.25) is 9.89 Å². The van der Waals surface area contributed by atoms with Crippen LogP contribution in [0, 0.1) is 17.1 Å². The lowest BCUT2D eigenvalue weighted by Crippen LogP contribution is -2.39. The van der Waals surface area contributed by atoms with Crippen molar-refractivity contribution in [2.24, 2.45) is 0 Å². The number of nitrogens with one attached hydrogen (secondary N) is 1. The van der Waals surface area contributed by atoms with Crippen molar-refractivity contribution in [3.8, 4) is 17.2 Å². The Hall–Kier alpha value is -3.46. The van der Waals surface area contributed by atoms with Crippen LogP contribution in [0.2, 0.25) is 0 Å². The number of nitrogens with zero attached hydrogens (tertiary/aromatic N) is 3. The third-order valence-corrected chi connectivity index (χ3v) is 5.20. The molecule has 1 aliphatic heterocycles. The van der Waals surface area contributed by atoms with Gasteiger partial charge in [-0.1, -0.05) is 12.1 Å². The fourth-order valence-electron chi connectivity index (χ4n) is 3.73. The maximum atomic E-state index is 13.2. The molecule has 5 nitrogen and oxygen atoms in total. The molecule has 28 heavy (non-hydrogen) atoms. The summed E-state index contributed by atoms with van der Waals surface area (Å²) < 4.78 is 13.2. The van der Waals surface area contributed by atoms with Crippen LogP contribution in [0.3, 0.4) is 0 Å². The van der Waals surface area contributed by atoms with E-state index in [-0.39, 0.29) is 17.6 Å². The van der Waals surface area contributed by atoms with Gasteiger partial charge in [0, 0.05) is 35.8 Å². The topological polar surface area (TPSA) is 72.8 Å².